The van der Waals surface area contributed by atoms with E-state index in [2.05, 4.69) is 15.2 Å². The number of nitrogens with one attached hydrogen (secondary N) is 1. The lowest BCUT2D eigenvalue weighted by molar-refractivity contribution is -0.384. The van der Waals surface area contributed by atoms with E-state index in [4.69, 9.17) is 5.11 Å². The van der Waals surface area contributed by atoms with E-state index >= 15 is 0 Å². The Morgan fingerprint density at radius 3 is 2.86 bits per heavy atom. The first-order valence-electron chi connectivity index (χ1n) is 6.73. The molecule has 1 atom stereocenters. The number of carboxylic acids is 1. The largest absolute Gasteiger partial charge is 0.478 e. The lowest BCUT2D eigenvalue weighted by Crippen LogP contribution is -2.36. The van der Waals surface area contributed by atoms with Crippen LogP contribution in [0.15, 0.2) is 12.3 Å². The van der Waals surface area contributed by atoms with Crippen LogP contribution in [0.3, 0.4) is 0 Å². The molecular weight excluding hydrogens is 276 g/mol. The van der Waals surface area contributed by atoms with Gasteiger partial charge in [0.05, 0.1) is 10.5 Å². The number of nitro groups is 1. The van der Waals surface area contributed by atoms with Gasteiger partial charge in [0.1, 0.15) is 0 Å². The fraction of sp³-hybridized carbons (Fsp3) is 0.538. The van der Waals surface area contributed by atoms with Crippen LogP contribution in [0.25, 0.3) is 0 Å². The average molecular weight is 294 g/mol. The molecule has 0 aliphatic heterocycles. The molecule has 8 heteroatoms. The molecule has 0 aromatic carbocycles. The summed E-state index contributed by atoms with van der Waals surface area (Å²) in [4.78, 5) is 27.3. The summed E-state index contributed by atoms with van der Waals surface area (Å²) in [6, 6.07) is 1.82. The van der Waals surface area contributed by atoms with Crippen LogP contribution < -0.4 is 5.32 Å². The number of pyridine rings is 1. The highest BCUT2D eigenvalue weighted by molar-refractivity contribution is 5.88. The fourth-order valence-electron chi connectivity index (χ4n) is 2.08. The Kier molecular flexibility index (Phi) is 4.37. The second-order valence-electron chi connectivity index (χ2n) is 5.28. The summed E-state index contributed by atoms with van der Waals surface area (Å²) in [5.74, 6) is -1.14. The maximum absolute atomic E-state index is 11.0. The fourth-order valence-corrected chi connectivity index (χ4v) is 2.08. The third-order valence-corrected chi connectivity index (χ3v) is 3.69. The number of rotatable bonds is 7. The van der Waals surface area contributed by atoms with Gasteiger partial charge in [-0.2, -0.15) is 0 Å². The number of hydrogen-bond acceptors (Lipinski definition) is 6. The molecule has 0 saturated heterocycles. The summed E-state index contributed by atoms with van der Waals surface area (Å²) in [5, 5.41) is 22.8. The standard InChI is InChI=1S/C13H18N4O4/c1-8(16(2)10-3-4-10)6-14-12-11(17(20)21)5-9(7-15-12)13(18)19/h5,7-8,10H,3-4,6H2,1-2H3,(H,14,15)(H,18,19). The van der Waals surface area contributed by atoms with E-state index in [0.29, 0.717) is 12.6 Å². The molecule has 1 aliphatic rings. The smallest absolute Gasteiger partial charge is 0.337 e. The maximum Gasteiger partial charge on any atom is 0.337 e. The van der Waals surface area contributed by atoms with Gasteiger partial charge < -0.3 is 10.4 Å². The van der Waals surface area contributed by atoms with Gasteiger partial charge in [0, 0.05) is 30.9 Å². The molecule has 1 unspecified atom stereocenters. The van der Waals surface area contributed by atoms with Gasteiger partial charge in [-0.1, -0.05) is 0 Å². The monoisotopic (exact) mass is 294 g/mol. The van der Waals surface area contributed by atoms with Crippen LogP contribution in [0, 0.1) is 10.1 Å². The Morgan fingerprint density at radius 1 is 1.67 bits per heavy atom. The molecule has 1 aliphatic carbocycles. The van der Waals surface area contributed by atoms with Crippen LogP contribution in [-0.2, 0) is 0 Å². The van der Waals surface area contributed by atoms with Crippen molar-refractivity contribution in [1.29, 1.82) is 0 Å². The summed E-state index contributed by atoms with van der Waals surface area (Å²) < 4.78 is 0. The molecule has 0 radical (unpaired) electrons. The Labute approximate surface area is 121 Å². The highest BCUT2D eigenvalue weighted by Gasteiger charge is 2.29. The topological polar surface area (TPSA) is 109 Å². The van der Waals surface area contributed by atoms with E-state index in [1.54, 1.807) is 0 Å². The molecule has 1 saturated carbocycles. The molecule has 0 amide bonds. The van der Waals surface area contributed by atoms with Gasteiger partial charge in [-0.3, -0.25) is 15.0 Å². The summed E-state index contributed by atoms with van der Waals surface area (Å²) in [6.07, 6.45) is 3.49. The van der Waals surface area contributed by atoms with Crippen LogP contribution in [0.5, 0.6) is 0 Å². The van der Waals surface area contributed by atoms with Crippen LogP contribution in [0.1, 0.15) is 30.1 Å². The number of likely N-dealkylation sites (N-methyl/N-ethyl adjacent to an activating group) is 1. The van der Waals surface area contributed by atoms with E-state index in [0.717, 1.165) is 12.3 Å². The molecule has 21 heavy (non-hydrogen) atoms. The van der Waals surface area contributed by atoms with Gasteiger partial charge >= 0.3 is 11.7 Å². The maximum atomic E-state index is 11.0. The summed E-state index contributed by atoms with van der Waals surface area (Å²) in [5.41, 5.74) is -0.522. The molecule has 114 valence electrons. The minimum absolute atomic E-state index is 0.0982. The number of carbonyl (C=O) groups is 1. The predicted octanol–water partition coefficient (Wildman–Crippen LogP) is 1.58. The molecule has 0 spiro atoms. The second kappa shape index (κ2) is 6.04. The van der Waals surface area contributed by atoms with Crippen molar-refractivity contribution >= 4 is 17.5 Å². The zero-order valence-corrected chi connectivity index (χ0v) is 11.9. The van der Waals surface area contributed by atoms with Gasteiger partial charge in [-0.05, 0) is 26.8 Å². The zero-order chi connectivity index (χ0) is 15.6. The van der Waals surface area contributed by atoms with Gasteiger partial charge in [-0.25, -0.2) is 9.78 Å². The summed E-state index contributed by atoms with van der Waals surface area (Å²) in [7, 11) is 2.03. The lowest BCUT2D eigenvalue weighted by Gasteiger charge is -2.24. The van der Waals surface area contributed by atoms with Crippen LogP contribution in [0.2, 0.25) is 0 Å². The van der Waals surface area contributed by atoms with Crippen molar-refractivity contribution in [2.24, 2.45) is 0 Å². The van der Waals surface area contributed by atoms with Crippen LogP contribution in [0.4, 0.5) is 11.5 Å². The van der Waals surface area contributed by atoms with E-state index in [1.807, 2.05) is 14.0 Å². The zero-order valence-electron chi connectivity index (χ0n) is 11.9. The minimum atomic E-state index is -1.24. The highest BCUT2D eigenvalue weighted by atomic mass is 16.6. The van der Waals surface area contributed by atoms with E-state index < -0.39 is 10.9 Å². The summed E-state index contributed by atoms with van der Waals surface area (Å²) in [6.45, 7) is 2.54. The van der Waals surface area contributed by atoms with Gasteiger partial charge in [0.2, 0.25) is 5.82 Å². The first-order valence-corrected chi connectivity index (χ1v) is 6.73. The molecule has 1 fully saturated rings. The van der Waals surface area contributed by atoms with Crippen LogP contribution in [-0.4, -0.2) is 51.6 Å². The highest BCUT2D eigenvalue weighted by Crippen LogP contribution is 2.27. The van der Waals surface area contributed by atoms with Crippen molar-refractivity contribution in [3.63, 3.8) is 0 Å². The van der Waals surface area contributed by atoms with Crippen LogP contribution >= 0.6 is 0 Å². The number of hydrogen-bond donors (Lipinski definition) is 2. The molecule has 1 aromatic heterocycles. The Hall–Kier alpha value is -2.22. The number of nitrogens with zero attached hydrogens (tertiary/aromatic N) is 3. The Bertz CT molecular complexity index is 559. The van der Waals surface area contributed by atoms with E-state index in [9.17, 15) is 14.9 Å². The van der Waals surface area contributed by atoms with Gasteiger partial charge in [0.25, 0.3) is 0 Å². The Balaban J connectivity index is 2.08. The SMILES string of the molecule is CC(CNc1ncc(C(=O)O)cc1[N+](=O)[O-])N(C)C1CC1. The van der Waals surface area contributed by atoms with Gasteiger partial charge in [-0.15, -0.1) is 0 Å². The predicted molar refractivity (Wildman–Crippen MR) is 76.6 cm³/mol. The van der Waals surface area contributed by atoms with Crippen molar-refractivity contribution < 1.29 is 14.8 Å². The number of aromatic carboxylic acids is 1. The number of aromatic nitrogens is 1. The normalized spacial score (nSPS) is 15.8. The lowest BCUT2D eigenvalue weighted by atomic mass is 10.2. The van der Waals surface area contributed by atoms with Crippen molar-refractivity contribution in [1.82, 2.24) is 9.88 Å². The first kappa shape index (κ1) is 15.2. The van der Waals surface area contributed by atoms with Crippen molar-refractivity contribution in [3.05, 3.63) is 27.9 Å². The molecule has 1 heterocycles. The number of carboxylic acid groups (broad SMARTS) is 1. The number of anilines is 1. The van der Waals surface area contributed by atoms with E-state index in [1.165, 1.54) is 12.8 Å². The molecule has 2 rings (SSSR count). The van der Waals surface area contributed by atoms with Crippen molar-refractivity contribution in [2.75, 3.05) is 18.9 Å². The molecule has 0 bridgehead atoms. The molecule has 1 aromatic rings. The molecular formula is C13H18N4O4. The van der Waals surface area contributed by atoms with Gasteiger partial charge in [0.15, 0.2) is 0 Å². The molecule has 2 N–H and O–H groups in total. The summed E-state index contributed by atoms with van der Waals surface area (Å²) >= 11 is 0. The van der Waals surface area contributed by atoms with E-state index in [-0.39, 0.29) is 23.1 Å². The van der Waals surface area contributed by atoms with Crippen molar-refractivity contribution in [2.45, 2.75) is 31.8 Å². The first-order chi connectivity index (χ1) is 9.90. The third kappa shape index (κ3) is 3.66. The average Bonchev–Trinajstić information content (AvgIpc) is 3.27. The Morgan fingerprint density at radius 2 is 2.33 bits per heavy atom. The second-order valence-corrected chi connectivity index (χ2v) is 5.28. The minimum Gasteiger partial charge on any atom is -0.478 e. The quantitative estimate of drug-likeness (QED) is 0.580. The molecule has 8 nitrogen and oxygen atoms in total. The van der Waals surface area contributed by atoms with Crippen molar-refractivity contribution in [3.8, 4) is 0 Å². The third-order valence-electron chi connectivity index (χ3n) is 3.69.